The second kappa shape index (κ2) is 5.32. The lowest BCUT2D eigenvalue weighted by Gasteiger charge is -2.19. The van der Waals surface area contributed by atoms with Gasteiger partial charge in [0.25, 0.3) is 0 Å². The second-order valence-corrected chi connectivity index (χ2v) is 4.42. The molecule has 0 aliphatic heterocycles. The normalized spacial score (nSPS) is 14.8. The molecule has 0 heterocycles. The third-order valence-electron chi connectivity index (χ3n) is 3.13. The number of carbonyl (C=O) groups excluding carboxylic acids is 1. The predicted octanol–water partition coefficient (Wildman–Crippen LogP) is 2.84. The average molecular weight is 234 g/mol. The van der Waals surface area contributed by atoms with E-state index < -0.39 is 0 Å². The number of phenols is 1. The van der Waals surface area contributed by atoms with Crippen molar-refractivity contribution in [1.29, 1.82) is 0 Å². The minimum atomic E-state index is 0.183. The number of ether oxygens (including phenoxy) is 1. The number of fused-ring (bicyclic) bond motifs is 1. The molecule has 2 rings (SSSR count). The largest absolute Gasteiger partial charge is 0.508 e. The lowest BCUT2D eigenvalue weighted by molar-refractivity contribution is 0.0969. The molecule has 3 heteroatoms. The summed E-state index contributed by atoms with van der Waals surface area (Å²) in [6.07, 6.45) is 3.30. The Hall–Kier alpha value is -1.35. The maximum atomic E-state index is 11.8. The third-order valence-corrected chi connectivity index (χ3v) is 3.13. The van der Waals surface area contributed by atoms with Crippen LogP contribution in [-0.2, 0) is 17.8 Å². The number of Topliss-reactive ketones (excluding diaryl/α,β-unsaturated/α-hetero) is 1. The Morgan fingerprint density at radius 3 is 2.94 bits per heavy atom. The van der Waals surface area contributed by atoms with E-state index in [1.165, 1.54) is 0 Å². The molecule has 0 aromatic heterocycles. The van der Waals surface area contributed by atoms with Gasteiger partial charge in [0.1, 0.15) is 5.75 Å². The van der Waals surface area contributed by atoms with Crippen molar-refractivity contribution in [2.24, 2.45) is 0 Å². The molecule has 0 atom stereocenters. The molecule has 0 saturated heterocycles. The van der Waals surface area contributed by atoms with E-state index in [1.54, 1.807) is 12.1 Å². The van der Waals surface area contributed by atoms with E-state index >= 15 is 0 Å². The first kappa shape index (κ1) is 12.1. The van der Waals surface area contributed by atoms with Crippen LogP contribution in [0.5, 0.6) is 5.75 Å². The number of hydrogen-bond acceptors (Lipinski definition) is 3. The predicted molar refractivity (Wildman–Crippen MR) is 65.3 cm³/mol. The molecule has 17 heavy (non-hydrogen) atoms. The molecule has 1 aromatic rings. The van der Waals surface area contributed by atoms with Gasteiger partial charge >= 0.3 is 0 Å². The SMILES string of the molecule is CCCOCc1c(O)ccc2c1CCCC2=O. The first-order valence-electron chi connectivity index (χ1n) is 6.18. The minimum Gasteiger partial charge on any atom is -0.508 e. The maximum Gasteiger partial charge on any atom is 0.163 e. The van der Waals surface area contributed by atoms with Crippen molar-refractivity contribution >= 4 is 5.78 Å². The van der Waals surface area contributed by atoms with E-state index in [2.05, 4.69) is 0 Å². The molecule has 0 bridgehead atoms. The van der Waals surface area contributed by atoms with Crippen molar-refractivity contribution in [3.8, 4) is 5.75 Å². The first-order chi connectivity index (χ1) is 8.24. The molecule has 1 aliphatic rings. The van der Waals surface area contributed by atoms with Crippen molar-refractivity contribution in [1.82, 2.24) is 0 Å². The Morgan fingerprint density at radius 1 is 1.35 bits per heavy atom. The van der Waals surface area contributed by atoms with Crippen LogP contribution in [0.1, 0.15) is 47.7 Å². The standard InChI is InChI=1S/C14H18O3/c1-2-8-17-9-12-10-4-3-5-13(15)11(10)6-7-14(12)16/h6-7,16H,2-5,8-9H2,1H3. The molecule has 92 valence electrons. The summed E-state index contributed by atoms with van der Waals surface area (Å²) in [6.45, 7) is 3.12. The highest BCUT2D eigenvalue weighted by atomic mass is 16.5. The number of hydrogen-bond donors (Lipinski definition) is 1. The van der Waals surface area contributed by atoms with Gasteiger partial charge in [0.15, 0.2) is 5.78 Å². The quantitative estimate of drug-likeness (QED) is 0.815. The van der Waals surface area contributed by atoms with Gasteiger partial charge in [-0.05, 0) is 37.0 Å². The highest BCUT2D eigenvalue weighted by Crippen LogP contribution is 2.30. The Balaban J connectivity index is 2.29. The zero-order chi connectivity index (χ0) is 12.3. The summed E-state index contributed by atoms with van der Waals surface area (Å²) in [5.41, 5.74) is 2.55. The van der Waals surface area contributed by atoms with E-state index in [0.29, 0.717) is 19.6 Å². The number of ketones is 1. The van der Waals surface area contributed by atoms with Crippen LogP contribution >= 0.6 is 0 Å². The second-order valence-electron chi connectivity index (χ2n) is 4.42. The lowest BCUT2D eigenvalue weighted by Crippen LogP contribution is -2.13. The van der Waals surface area contributed by atoms with Crippen LogP contribution < -0.4 is 0 Å². The monoisotopic (exact) mass is 234 g/mol. The number of carbonyl (C=O) groups is 1. The molecule has 3 nitrogen and oxygen atoms in total. The third kappa shape index (κ3) is 2.50. The van der Waals surface area contributed by atoms with Crippen LogP contribution in [0.25, 0.3) is 0 Å². The molecule has 0 fully saturated rings. The van der Waals surface area contributed by atoms with E-state index in [4.69, 9.17) is 4.74 Å². The van der Waals surface area contributed by atoms with Gasteiger partial charge in [-0.25, -0.2) is 0 Å². The zero-order valence-electron chi connectivity index (χ0n) is 10.2. The summed E-state index contributed by atoms with van der Waals surface area (Å²) in [6, 6.07) is 3.34. The molecule has 0 amide bonds. The lowest BCUT2D eigenvalue weighted by atomic mass is 9.87. The van der Waals surface area contributed by atoms with Crippen LogP contribution in [-0.4, -0.2) is 17.5 Å². The van der Waals surface area contributed by atoms with Gasteiger partial charge in [-0.2, -0.15) is 0 Å². The summed E-state index contributed by atoms with van der Waals surface area (Å²) < 4.78 is 5.48. The van der Waals surface area contributed by atoms with Gasteiger partial charge in [-0.1, -0.05) is 6.92 Å². The summed E-state index contributed by atoms with van der Waals surface area (Å²) in [5.74, 6) is 0.428. The molecular formula is C14H18O3. The van der Waals surface area contributed by atoms with Gasteiger partial charge in [-0.15, -0.1) is 0 Å². The van der Waals surface area contributed by atoms with Crippen LogP contribution in [0.4, 0.5) is 0 Å². The smallest absolute Gasteiger partial charge is 0.163 e. The van der Waals surface area contributed by atoms with Crippen molar-refractivity contribution < 1.29 is 14.6 Å². The summed E-state index contributed by atoms with van der Waals surface area (Å²) >= 11 is 0. The van der Waals surface area contributed by atoms with Crippen LogP contribution in [0.2, 0.25) is 0 Å². The minimum absolute atomic E-state index is 0.183. The number of aromatic hydroxyl groups is 1. The molecule has 0 spiro atoms. The van der Waals surface area contributed by atoms with Gasteiger partial charge < -0.3 is 9.84 Å². The molecule has 1 N–H and O–H groups in total. The van der Waals surface area contributed by atoms with Crippen molar-refractivity contribution in [2.45, 2.75) is 39.2 Å². The van der Waals surface area contributed by atoms with Crippen molar-refractivity contribution in [2.75, 3.05) is 6.61 Å². The van der Waals surface area contributed by atoms with E-state index in [9.17, 15) is 9.90 Å². The van der Waals surface area contributed by atoms with Gasteiger partial charge in [0.05, 0.1) is 6.61 Å². The van der Waals surface area contributed by atoms with Crippen LogP contribution in [0.15, 0.2) is 12.1 Å². The van der Waals surface area contributed by atoms with Crippen molar-refractivity contribution in [3.05, 3.63) is 28.8 Å². The Labute approximate surface area is 101 Å². The maximum absolute atomic E-state index is 11.8. The fourth-order valence-electron chi connectivity index (χ4n) is 2.27. The Kier molecular flexibility index (Phi) is 3.79. The van der Waals surface area contributed by atoms with Crippen molar-refractivity contribution in [3.63, 3.8) is 0 Å². The van der Waals surface area contributed by atoms with Crippen LogP contribution in [0, 0.1) is 0 Å². The summed E-state index contributed by atoms with van der Waals surface area (Å²) in [4.78, 5) is 11.8. The van der Waals surface area contributed by atoms with Gasteiger partial charge in [0, 0.05) is 24.2 Å². The first-order valence-corrected chi connectivity index (χ1v) is 6.18. The van der Waals surface area contributed by atoms with E-state index in [0.717, 1.165) is 36.0 Å². The molecular weight excluding hydrogens is 216 g/mol. The van der Waals surface area contributed by atoms with Gasteiger partial charge in [0.2, 0.25) is 0 Å². The molecule has 0 saturated carbocycles. The fourth-order valence-corrected chi connectivity index (χ4v) is 2.27. The zero-order valence-corrected chi connectivity index (χ0v) is 10.2. The Morgan fingerprint density at radius 2 is 2.18 bits per heavy atom. The summed E-state index contributed by atoms with van der Waals surface area (Å²) in [7, 11) is 0. The van der Waals surface area contributed by atoms with Gasteiger partial charge in [-0.3, -0.25) is 4.79 Å². The van der Waals surface area contributed by atoms with E-state index in [1.807, 2.05) is 6.92 Å². The number of rotatable bonds is 4. The fraction of sp³-hybridized carbons (Fsp3) is 0.500. The van der Waals surface area contributed by atoms with Crippen LogP contribution in [0.3, 0.4) is 0 Å². The topological polar surface area (TPSA) is 46.5 Å². The number of benzene rings is 1. The van der Waals surface area contributed by atoms with E-state index in [-0.39, 0.29) is 11.5 Å². The average Bonchev–Trinajstić information content (AvgIpc) is 2.32. The molecule has 1 aromatic carbocycles. The number of phenolic OH excluding ortho intramolecular Hbond substituents is 1. The molecule has 0 unspecified atom stereocenters. The molecule has 0 radical (unpaired) electrons. The Bertz CT molecular complexity index is 424. The summed E-state index contributed by atoms with van der Waals surface area (Å²) in [5, 5.41) is 9.86. The molecule has 1 aliphatic carbocycles. The highest BCUT2D eigenvalue weighted by molar-refractivity contribution is 5.99. The highest BCUT2D eigenvalue weighted by Gasteiger charge is 2.21.